The summed E-state index contributed by atoms with van der Waals surface area (Å²) in [6.07, 6.45) is 1.69. The number of hydrogen-bond donors (Lipinski definition) is 2. The lowest BCUT2D eigenvalue weighted by Gasteiger charge is -2.00. The highest BCUT2D eigenvalue weighted by molar-refractivity contribution is 5.69. The Kier molecular flexibility index (Phi) is 2.32. The molecule has 0 radical (unpaired) electrons. The number of imidazole rings is 1. The number of fused-ring (bicyclic) bond motifs is 1. The molecule has 0 aliphatic carbocycles. The van der Waals surface area contributed by atoms with Crippen molar-refractivity contribution in [2.45, 2.75) is 6.54 Å². The second kappa shape index (κ2) is 3.63. The van der Waals surface area contributed by atoms with Gasteiger partial charge in [-0.2, -0.15) is 0 Å². The summed E-state index contributed by atoms with van der Waals surface area (Å²) < 4.78 is 1.63. The smallest absolute Gasteiger partial charge is 0.318 e. The van der Waals surface area contributed by atoms with Crippen LogP contribution in [0.5, 0.6) is 0 Å². The SMILES string of the molecule is CNCCn1c(=O)[nH]c2cccnc21. The summed E-state index contributed by atoms with van der Waals surface area (Å²) in [5.74, 6) is 0. The monoisotopic (exact) mass is 192 g/mol. The lowest BCUT2D eigenvalue weighted by atomic mass is 10.4. The first-order valence-electron chi connectivity index (χ1n) is 4.51. The third kappa shape index (κ3) is 1.42. The number of nitrogens with one attached hydrogen (secondary N) is 2. The number of aromatic nitrogens is 3. The first kappa shape index (κ1) is 8.96. The quantitative estimate of drug-likeness (QED) is 0.716. The van der Waals surface area contributed by atoms with Crippen molar-refractivity contribution in [2.75, 3.05) is 13.6 Å². The van der Waals surface area contributed by atoms with Crippen molar-refractivity contribution in [3.05, 3.63) is 28.8 Å². The Balaban J connectivity index is 2.51. The van der Waals surface area contributed by atoms with Crippen LogP contribution < -0.4 is 11.0 Å². The van der Waals surface area contributed by atoms with E-state index < -0.39 is 0 Å². The third-order valence-electron chi connectivity index (χ3n) is 2.11. The van der Waals surface area contributed by atoms with Crippen LogP contribution in [0.15, 0.2) is 23.1 Å². The van der Waals surface area contributed by atoms with E-state index >= 15 is 0 Å². The van der Waals surface area contributed by atoms with E-state index in [0.29, 0.717) is 12.2 Å². The average Bonchev–Trinajstić information content (AvgIpc) is 2.51. The highest BCUT2D eigenvalue weighted by Gasteiger charge is 2.05. The standard InChI is InChI=1S/C9H12N4O/c1-10-5-6-13-8-7(12-9(13)14)3-2-4-11-8/h2-4,10H,5-6H2,1H3,(H,12,14). The summed E-state index contributed by atoms with van der Waals surface area (Å²) in [7, 11) is 1.85. The Hall–Kier alpha value is -1.62. The van der Waals surface area contributed by atoms with Gasteiger partial charge in [-0.25, -0.2) is 9.78 Å². The van der Waals surface area contributed by atoms with Crippen LogP contribution in [0.25, 0.3) is 11.2 Å². The molecule has 0 saturated carbocycles. The zero-order valence-corrected chi connectivity index (χ0v) is 7.95. The van der Waals surface area contributed by atoms with Crippen molar-refractivity contribution in [1.82, 2.24) is 19.9 Å². The topological polar surface area (TPSA) is 62.7 Å². The predicted molar refractivity (Wildman–Crippen MR) is 54.3 cm³/mol. The Morgan fingerprint density at radius 3 is 3.29 bits per heavy atom. The molecule has 0 aromatic carbocycles. The van der Waals surface area contributed by atoms with E-state index in [9.17, 15) is 4.79 Å². The Labute approximate surface area is 80.8 Å². The van der Waals surface area contributed by atoms with Gasteiger partial charge in [0.1, 0.15) is 0 Å². The zero-order valence-electron chi connectivity index (χ0n) is 7.95. The molecule has 0 aliphatic rings. The van der Waals surface area contributed by atoms with Crippen molar-refractivity contribution in [1.29, 1.82) is 0 Å². The van der Waals surface area contributed by atoms with Crippen LogP contribution in [-0.4, -0.2) is 28.1 Å². The molecule has 0 amide bonds. The fourth-order valence-electron chi connectivity index (χ4n) is 1.42. The maximum atomic E-state index is 11.5. The Bertz CT molecular complexity index is 485. The molecule has 74 valence electrons. The molecule has 0 spiro atoms. The fraction of sp³-hybridized carbons (Fsp3) is 0.333. The van der Waals surface area contributed by atoms with Gasteiger partial charge in [0.25, 0.3) is 0 Å². The van der Waals surface area contributed by atoms with Crippen LogP contribution in [0.1, 0.15) is 0 Å². The predicted octanol–water partition coefficient (Wildman–Crippen LogP) is -0.0560. The number of hydrogen-bond acceptors (Lipinski definition) is 3. The third-order valence-corrected chi connectivity index (χ3v) is 2.11. The summed E-state index contributed by atoms with van der Waals surface area (Å²) in [5.41, 5.74) is 1.40. The molecule has 0 atom stereocenters. The maximum absolute atomic E-state index is 11.5. The number of H-pyrrole nitrogens is 1. The molecule has 14 heavy (non-hydrogen) atoms. The molecule has 0 bridgehead atoms. The highest BCUT2D eigenvalue weighted by Crippen LogP contribution is 2.04. The van der Waals surface area contributed by atoms with Gasteiger partial charge in [0.05, 0.1) is 5.52 Å². The first-order chi connectivity index (χ1) is 6.83. The Morgan fingerprint density at radius 1 is 1.64 bits per heavy atom. The van der Waals surface area contributed by atoms with Gasteiger partial charge >= 0.3 is 5.69 Å². The molecule has 0 unspecified atom stereocenters. The van der Waals surface area contributed by atoms with E-state index in [0.717, 1.165) is 12.1 Å². The first-order valence-corrected chi connectivity index (χ1v) is 4.51. The molecular weight excluding hydrogens is 180 g/mol. The van der Waals surface area contributed by atoms with Crippen molar-refractivity contribution >= 4 is 11.2 Å². The number of aromatic amines is 1. The van der Waals surface area contributed by atoms with Gasteiger partial charge in [0.2, 0.25) is 0 Å². The van der Waals surface area contributed by atoms with Crippen molar-refractivity contribution in [3.8, 4) is 0 Å². The summed E-state index contributed by atoms with van der Waals surface area (Å²) in [6, 6.07) is 3.65. The summed E-state index contributed by atoms with van der Waals surface area (Å²) in [5, 5.41) is 3.00. The van der Waals surface area contributed by atoms with Crippen LogP contribution in [0.4, 0.5) is 0 Å². The lowest BCUT2D eigenvalue weighted by Crippen LogP contribution is -2.23. The fourth-order valence-corrected chi connectivity index (χ4v) is 1.42. The molecule has 2 rings (SSSR count). The zero-order chi connectivity index (χ0) is 9.97. The summed E-state index contributed by atoms with van der Waals surface area (Å²) in [6.45, 7) is 1.38. The van der Waals surface area contributed by atoms with Crippen LogP contribution in [0.3, 0.4) is 0 Å². The molecule has 0 fully saturated rings. The van der Waals surface area contributed by atoms with Crippen molar-refractivity contribution < 1.29 is 0 Å². The number of nitrogens with zero attached hydrogens (tertiary/aromatic N) is 2. The van der Waals surface area contributed by atoms with Gasteiger partial charge < -0.3 is 10.3 Å². The minimum absolute atomic E-state index is 0.103. The van der Waals surface area contributed by atoms with E-state index in [-0.39, 0.29) is 5.69 Å². The second-order valence-corrected chi connectivity index (χ2v) is 3.06. The molecular formula is C9H12N4O. The maximum Gasteiger partial charge on any atom is 0.327 e. The number of likely N-dealkylation sites (N-methyl/N-ethyl adjacent to an activating group) is 1. The van der Waals surface area contributed by atoms with Gasteiger partial charge in [-0.1, -0.05) is 0 Å². The van der Waals surface area contributed by atoms with Gasteiger partial charge in [0.15, 0.2) is 5.65 Å². The van der Waals surface area contributed by atoms with Crippen LogP contribution >= 0.6 is 0 Å². The van der Waals surface area contributed by atoms with E-state index in [1.54, 1.807) is 16.8 Å². The minimum Gasteiger partial charge on any atom is -0.318 e. The van der Waals surface area contributed by atoms with Crippen LogP contribution in [-0.2, 0) is 6.54 Å². The number of rotatable bonds is 3. The number of pyridine rings is 1. The van der Waals surface area contributed by atoms with Crippen LogP contribution in [0.2, 0.25) is 0 Å². The van der Waals surface area contributed by atoms with Gasteiger partial charge in [0, 0.05) is 19.3 Å². The van der Waals surface area contributed by atoms with Crippen LogP contribution in [0, 0.1) is 0 Å². The molecule has 2 aromatic heterocycles. The molecule has 2 aromatic rings. The molecule has 5 heteroatoms. The van der Waals surface area contributed by atoms with E-state index in [1.807, 2.05) is 13.1 Å². The van der Waals surface area contributed by atoms with E-state index in [4.69, 9.17) is 0 Å². The van der Waals surface area contributed by atoms with Gasteiger partial charge in [-0.05, 0) is 19.2 Å². The van der Waals surface area contributed by atoms with Gasteiger partial charge in [-0.3, -0.25) is 4.57 Å². The summed E-state index contributed by atoms with van der Waals surface area (Å²) >= 11 is 0. The molecule has 5 nitrogen and oxygen atoms in total. The molecule has 2 heterocycles. The van der Waals surface area contributed by atoms with Crippen molar-refractivity contribution in [3.63, 3.8) is 0 Å². The highest BCUT2D eigenvalue weighted by atomic mass is 16.1. The average molecular weight is 192 g/mol. The largest absolute Gasteiger partial charge is 0.327 e. The van der Waals surface area contributed by atoms with E-state index in [1.165, 1.54) is 0 Å². The summed E-state index contributed by atoms with van der Waals surface area (Å²) in [4.78, 5) is 18.4. The molecule has 2 N–H and O–H groups in total. The second-order valence-electron chi connectivity index (χ2n) is 3.06. The normalized spacial score (nSPS) is 10.9. The molecule has 0 saturated heterocycles. The minimum atomic E-state index is -0.103. The lowest BCUT2D eigenvalue weighted by molar-refractivity contribution is 0.638. The van der Waals surface area contributed by atoms with Gasteiger partial charge in [-0.15, -0.1) is 0 Å². The van der Waals surface area contributed by atoms with Crippen molar-refractivity contribution in [2.24, 2.45) is 0 Å². The van der Waals surface area contributed by atoms with E-state index in [2.05, 4.69) is 15.3 Å². The Morgan fingerprint density at radius 2 is 2.50 bits per heavy atom. The molecule has 0 aliphatic heterocycles.